The second-order valence-corrected chi connectivity index (χ2v) is 6.19. The molecule has 5 heteroatoms. The molecule has 2 fully saturated rings. The summed E-state index contributed by atoms with van der Waals surface area (Å²) in [5.41, 5.74) is 7.23. The van der Waals surface area contributed by atoms with Crippen molar-refractivity contribution in [2.75, 3.05) is 37.2 Å². The highest BCUT2D eigenvalue weighted by molar-refractivity contribution is 7.10. The Morgan fingerprint density at radius 1 is 1.33 bits per heavy atom. The lowest BCUT2D eigenvalue weighted by atomic mass is 10.2. The molecule has 1 aliphatic heterocycles. The Labute approximate surface area is 113 Å². The molecule has 1 aromatic rings. The molecule has 2 aliphatic rings. The number of nitrogens with zero attached hydrogens (tertiary/aromatic N) is 2. The van der Waals surface area contributed by atoms with Crippen molar-refractivity contribution in [1.29, 1.82) is 0 Å². The third-order valence-electron chi connectivity index (χ3n) is 3.88. The first kappa shape index (κ1) is 12.2. The summed E-state index contributed by atoms with van der Waals surface area (Å²) in [6.07, 6.45) is 6.54. The van der Waals surface area contributed by atoms with Crippen LogP contribution in [0.25, 0.3) is 0 Å². The molecule has 0 atom stereocenters. The highest BCUT2D eigenvalue weighted by Crippen LogP contribution is 2.47. The molecule has 0 bridgehead atoms. The predicted octanol–water partition coefficient (Wildman–Crippen LogP) is 2.50. The van der Waals surface area contributed by atoms with Crippen LogP contribution in [0, 0.1) is 0 Å². The van der Waals surface area contributed by atoms with Crippen LogP contribution in [0.15, 0.2) is 0 Å². The Bertz CT molecular complexity index is 394. The van der Waals surface area contributed by atoms with Crippen molar-refractivity contribution >= 4 is 22.4 Å². The van der Waals surface area contributed by atoms with Gasteiger partial charge in [-0.25, -0.2) is 0 Å². The molecule has 2 heterocycles. The Hall–Kier alpha value is -0.810. The fraction of sp³-hybridized carbons (Fsp3) is 0.769. The van der Waals surface area contributed by atoms with Crippen LogP contribution < -0.4 is 11.1 Å². The summed E-state index contributed by atoms with van der Waals surface area (Å²) in [5, 5.41) is 4.75. The molecule has 3 rings (SSSR count). The Kier molecular flexibility index (Phi) is 3.70. The second kappa shape index (κ2) is 5.45. The maximum atomic E-state index is 5.94. The van der Waals surface area contributed by atoms with Gasteiger partial charge < -0.3 is 16.0 Å². The number of hydrogen-bond acceptors (Lipinski definition) is 5. The first-order valence-corrected chi connectivity index (χ1v) is 7.83. The van der Waals surface area contributed by atoms with Crippen molar-refractivity contribution in [1.82, 2.24) is 9.27 Å². The molecule has 1 aromatic heterocycles. The van der Waals surface area contributed by atoms with E-state index >= 15 is 0 Å². The number of rotatable bonds is 6. The van der Waals surface area contributed by atoms with Crippen molar-refractivity contribution in [3.8, 4) is 0 Å². The van der Waals surface area contributed by atoms with Gasteiger partial charge in [-0.15, -0.1) is 0 Å². The lowest BCUT2D eigenvalue weighted by Gasteiger charge is -2.14. The van der Waals surface area contributed by atoms with Crippen molar-refractivity contribution in [3.05, 3.63) is 5.56 Å². The fourth-order valence-corrected chi connectivity index (χ4v) is 3.54. The highest BCUT2D eigenvalue weighted by atomic mass is 32.1. The summed E-state index contributed by atoms with van der Waals surface area (Å²) < 4.78 is 4.28. The van der Waals surface area contributed by atoms with Crippen LogP contribution in [0.3, 0.4) is 0 Å². The number of nitrogens with two attached hydrogens (primary N) is 1. The minimum absolute atomic E-state index is 0.685. The van der Waals surface area contributed by atoms with Crippen molar-refractivity contribution < 1.29 is 0 Å². The SMILES string of the molecule is Nc1nsc(NCCCN2CCCC2)c1C1CC1. The molecule has 1 aliphatic carbocycles. The standard InChI is InChI=1S/C13H22N4S/c14-12-11(10-4-5-10)13(18-16-12)15-6-3-9-17-7-1-2-8-17/h10,15H,1-9H2,(H2,14,16). The number of nitrogen functional groups attached to an aromatic ring is 1. The number of anilines is 2. The van der Waals surface area contributed by atoms with Gasteiger partial charge in [0.2, 0.25) is 0 Å². The van der Waals surface area contributed by atoms with E-state index in [0.717, 1.165) is 12.4 Å². The number of hydrogen-bond donors (Lipinski definition) is 2. The monoisotopic (exact) mass is 266 g/mol. The summed E-state index contributed by atoms with van der Waals surface area (Å²) in [6, 6.07) is 0. The predicted molar refractivity (Wildman–Crippen MR) is 77.3 cm³/mol. The third kappa shape index (κ3) is 2.78. The maximum absolute atomic E-state index is 5.94. The van der Waals surface area contributed by atoms with Crippen molar-refractivity contribution in [2.45, 2.75) is 38.0 Å². The smallest absolute Gasteiger partial charge is 0.142 e. The van der Waals surface area contributed by atoms with E-state index in [1.807, 2.05) is 0 Å². The average molecular weight is 266 g/mol. The van der Waals surface area contributed by atoms with E-state index in [1.54, 1.807) is 0 Å². The molecule has 0 spiro atoms. The van der Waals surface area contributed by atoms with Crippen molar-refractivity contribution in [2.24, 2.45) is 0 Å². The largest absolute Gasteiger partial charge is 0.383 e. The van der Waals surface area contributed by atoms with E-state index in [0.29, 0.717) is 5.92 Å². The zero-order valence-electron chi connectivity index (χ0n) is 10.8. The zero-order chi connectivity index (χ0) is 12.4. The van der Waals surface area contributed by atoms with Crippen LogP contribution in [0.5, 0.6) is 0 Å². The van der Waals surface area contributed by atoms with Crippen LogP contribution >= 0.6 is 11.5 Å². The number of likely N-dealkylation sites (tertiary alicyclic amines) is 1. The van der Waals surface area contributed by atoms with Gasteiger partial charge in [0.25, 0.3) is 0 Å². The van der Waals surface area contributed by atoms with E-state index in [4.69, 9.17) is 5.73 Å². The maximum Gasteiger partial charge on any atom is 0.142 e. The Balaban J connectivity index is 1.45. The summed E-state index contributed by atoms with van der Waals surface area (Å²) in [5.74, 6) is 1.44. The van der Waals surface area contributed by atoms with Crippen molar-refractivity contribution in [3.63, 3.8) is 0 Å². The van der Waals surface area contributed by atoms with E-state index < -0.39 is 0 Å². The molecule has 1 saturated carbocycles. The summed E-state index contributed by atoms with van der Waals surface area (Å²) in [6.45, 7) is 4.85. The van der Waals surface area contributed by atoms with Gasteiger partial charge in [-0.1, -0.05) is 0 Å². The average Bonchev–Trinajstić information content (AvgIpc) is 2.93. The van der Waals surface area contributed by atoms with Crippen LogP contribution in [-0.4, -0.2) is 35.5 Å². The zero-order valence-corrected chi connectivity index (χ0v) is 11.6. The summed E-state index contributed by atoms with van der Waals surface area (Å²) >= 11 is 1.53. The molecule has 1 saturated heterocycles. The highest BCUT2D eigenvalue weighted by Gasteiger charge is 2.30. The third-order valence-corrected chi connectivity index (χ3v) is 4.71. The van der Waals surface area contributed by atoms with Gasteiger partial charge in [-0.3, -0.25) is 0 Å². The quantitative estimate of drug-likeness (QED) is 0.777. The first-order chi connectivity index (χ1) is 8.84. The van der Waals surface area contributed by atoms with E-state index in [1.165, 1.54) is 73.8 Å². The molecule has 0 unspecified atom stereocenters. The lowest BCUT2D eigenvalue weighted by molar-refractivity contribution is 0.337. The molecule has 0 amide bonds. The van der Waals surface area contributed by atoms with E-state index in [2.05, 4.69) is 14.6 Å². The van der Waals surface area contributed by atoms with Gasteiger partial charge in [0, 0.05) is 12.1 Å². The van der Waals surface area contributed by atoms with Gasteiger partial charge in [-0.2, -0.15) is 4.37 Å². The molecule has 3 N–H and O–H groups in total. The Morgan fingerprint density at radius 2 is 2.11 bits per heavy atom. The number of nitrogens with one attached hydrogen (secondary N) is 1. The first-order valence-electron chi connectivity index (χ1n) is 7.06. The summed E-state index contributed by atoms with van der Waals surface area (Å²) in [4.78, 5) is 2.56. The van der Waals surface area contributed by atoms with E-state index in [9.17, 15) is 0 Å². The minimum atomic E-state index is 0.685. The van der Waals surface area contributed by atoms with Gasteiger partial charge in [-0.05, 0) is 69.2 Å². The number of aromatic nitrogens is 1. The molecule has 0 aromatic carbocycles. The van der Waals surface area contributed by atoms with E-state index in [-0.39, 0.29) is 0 Å². The van der Waals surface area contributed by atoms with Gasteiger partial charge >= 0.3 is 0 Å². The van der Waals surface area contributed by atoms with Crippen LogP contribution in [-0.2, 0) is 0 Å². The molecule has 100 valence electrons. The summed E-state index contributed by atoms with van der Waals surface area (Å²) in [7, 11) is 0. The van der Waals surface area contributed by atoms with Crippen LogP contribution in [0.1, 0.15) is 43.6 Å². The van der Waals surface area contributed by atoms with Gasteiger partial charge in [0.15, 0.2) is 0 Å². The topological polar surface area (TPSA) is 54.2 Å². The molecule has 0 radical (unpaired) electrons. The lowest BCUT2D eigenvalue weighted by Crippen LogP contribution is -2.22. The molecular weight excluding hydrogens is 244 g/mol. The van der Waals surface area contributed by atoms with Gasteiger partial charge in [0.05, 0.1) is 0 Å². The van der Waals surface area contributed by atoms with Crippen LogP contribution in [0.2, 0.25) is 0 Å². The molecule has 4 nitrogen and oxygen atoms in total. The normalized spacial score (nSPS) is 20.4. The van der Waals surface area contributed by atoms with Crippen LogP contribution in [0.4, 0.5) is 10.8 Å². The fourth-order valence-electron chi connectivity index (χ4n) is 2.71. The molecule has 18 heavy (non-hydrogen) atoms. The minimum Gasteiger partial charge on any atom is -0.383 e. The second-order valence-electron chi connectivity index (χ2n) is 5.41. The molecular formula is C13H22N4S. The Morgan fingerprint density at radius 3 is 2.83 bits per heavy atom. The van der Waals surface area contributed by atoms with Gasteiger partial charge in [0.1, 0.15) is 10.8 Å².